The molecule has 19 heavy (non-hydrogen) atoms. The first-order valence-corrected chi connectivity index (χ1v) is 7.49. The van der Waals surface area contributed by atoms with Crippen LogP contribution in [0.15, 0.2) is 0 Å². The van der Waals surface area contributed by atoms with Crippen LogP contribution in [-0.4, -0.2) is 36.9 Å². The molecule has 108 valence electrons. The van der Waals surface area contributed by atoms with E-state index in [1.165, 1.54) is 4.90 Å². The van der Waals surface area contributed by atoms with Crippen molar-refractivity contribution >= 4 is 11.8 Å². The molecule has 4 nitrogen and oxygen atoms in total. The molecule has 2 saturated heterocycles. The van der Waals surface area contributed by atoms with Crippen LogP contribution in [0.4, 0.5) is 0 Å². The number of carbonyl (C=O) groups excluding carboxylic acids is 2. The monoisotopic (exact) mass is 266 g/mol. The van der Waals surface area contributed by atoms with Gasteiger partial charge in [0.05, 0.1) is 5.41 Å². The Bertz CT molecular complexity index is 361. The molecule has 4 heteroatoms. The highest BCUT2D eigenvalue weighted by Crippen LogP contribution is 2.47. The highest BCUT2D eigenvalue weighted by atomic mass is 16.2. The van der Waals surface area contributed by atoms with Gasteiger partial charge >= 0.3 is 0 Å². The standard InChI is InChI=1S/C15H26N2O2/c1-11(2)10-15(12-5-8-16-9-6-12)7-4-13(18)17(3)14(15)19/h11-12,16H,4-10H2,1-3H3. The van der Waals surface area contributed by atoms with Crippen molar-refractivity contribution < 1.29 is 9.59 Å². The van der Waals surface area contributed by atoms with Gasteiger partial charge < -0.3 is 5.32 Å². The molecule has 0 aromatic heterocycles. The summed E-state index contributed by atoms with van der Waals surface area (Å²) in [5, 5.41) is 3.37. The number of nitrogens with one attached hydrogen (secondary N) is 1. The SMILES string of the molecule is CC(C)CC1(C2CCNCC2)CCC(=O)N(C)C1=O. The summed E-state index contributed by atoms with van der Waals surface area (Å²) < 4.78 is 0. The second kappa shape index (κ2) is 5.61. The van der Waals surface area contributed by atoms with Gasteiger partial charge in [0.15, 0.2) is 0 Å². The van der Waals surface area contributed by atoms with Crippen molar-refractivity contribution in [2.45, 2.75) is 46.0 Å². The van der Waals surface area contributed by atoms with Gasteiger partial charge in [0, 0.05) is 13.5 Å². The Morgan fingerprint density at radius 1 is 1.32 bits per heavy atom. The van der Waals surface area contributed by atoms with Crippen LogP contribution in [0, 0.1) is 17.3 Å². The van der Waals surface area contributed by atoms with Crippen LogP contribution in [0.1, 0.15) is 46.0 Å². The summed E-state index contributed by atoms with van der Waals surface area (Å²) in [6.45, 7) is 6.34. The lowest BCUT2D eigenvalue weighted by molar-refractivity contribution is -0.161. The van der Waals surface area contributed by atoms with Gasteiger partial charge in [-0.3, -0.25) is 14.5 Å². The van der Waals surface area contributed by atoms with Crippen molar-refractivity contribution in [3.63, 3.8) is 0 Å². The zero-order valence-electron chi connectivity index (χ0n) is 12.4. The molecular formula is C15H26N2O2. The van der Waals surface area contributed by atoms with Crippen molar-refractivity contribution in [2.24, 2.45) is 17.3 Å². The van der Waals surface area contributed by atoms with Crippen molar-refractivity contribution in [3.05, 3.63) is 0 Å². The van der Waals surface area contributed by atoms with Gasteiger partial charge in [-0.25, -0.2) is 0 Å². The van der Waals surface area contributed by atoms with Gasteiger partial charge in [-0.05, 0) is 50.6 Å². The van der Waals surface area contributed by atoms with E-state index in [2.05, 4.69) is 19.2 Å². The second-order valence-electron chi connectivity index (χ2n) is 6.54. The summed E-state index contributed by atoms with van der Waals surface area (Å²) in [4.78, 5) is 25.9. The Hall–Kier alpha value is -0.900. The number of rotatable bonds is 3. The minimum absolute atomic E-state index is 0.0154. The fraction of sp³-hybridized carbons (Fsp3) is 0.867. The van der Waals surface area contributed by atoms with Crippen molar-refractivity contribution in [3.8, 4) is 0 Å². The van der Waals surface area contributed by atoms with Crippen LogP contribution in [-0.2, 0) is 9.59 Å². The molecule has 0 aliphatic carbocycles. The third-order valence-electron chi connectivity index (χ3n) is 4.78. The van der Waals surface area contributed by atoms with E-state index in [1.807, 2.05) is 0 Å². The summed E-state index contributed by atoms with van der Waals surface area (Å²) in [7, 11) is 1.65. The smallest absolute Gasteiger partial charge is 0.235 e. The number of likely N-dealkylation sites (tertiary alicyclic amines) is 1. The summed E-state index contributed by atoms with van der Waals surface area (Å²) in [6, 6.07) is 0. The lowest BCUT2D eigenvalue weighted by atomic mass is 9.62. The predicted molar refractivity (Wildman–Crippen MR) is 74.5 cm³/mol. The van der Waals surface area contributed by atoms with E-state index in [0.717, 1.165) is 38.8 Å². The largest absolute Gasteiger partial charge is 0.317 e. The molecule has 1 unspecified atom stereocenters. The zero-order chi connectivity index (χ0) is 14.0. The number of carbonyl (C=O) groups is 2. The van der Waals surface area contributed by atoms with Gasteiger partial charge in [0.2, 0.25) is 11.8 Å². The number of imide groups is 1. The third-order valence-corrected chi connectivity index (χ3v) is 4.78. The molecule has 0 aromatic carbocycles. The Morgan fingerprint density at radius 3 is 2.53 bits per heavy atom. The van der Waals surface area contributed by atoms with E-state index in [0.29, 0.717) is 18.3 Å². The van der Waals surface area contributed by atoms with Gasteiger partial charge in [-0.1, -0.05) is 13.8 Å². The van der Waals surface area contributed by atoms with Crippen LogP contribution in [0.5, 0.6) is 0 Å². The minimum Gasteiger partial charge on any atom is -0.317 e. The summed E-state index contributed by atoms with van der Waals surface area (Å²) in [5.74, 6) is 0.974. The number of amides is 2. The van der Waals surface area contributed by atoms with Gasteiger partial charge in [0.25, 0.3) is 0 Å². The first kappa shape index (κ1) is 14.5. The van der Waals surface area contributed by atoms with Crippen molar-refractivity contribution in [1.29, 1.82) is 0 Å². The molecule has 1 N–H and O–H groups in total. The fourth-order valence-electron chi connectivity index (χ4n) is 3.89. The van der Waals surface area contributed by atoms with E-state index >= 15 is 0 Å². The van der Waals surface area contributed by atoms with Gasteiger partial charge in [0.1, 0.15) is 0 Å². The molecule has 1 atom stereocenters. The maximum atomic E-state index is 12.8. The number of hydrogen-bond donors (Lipinski definition) is 1. The first-order chi connectivity index (χ1) is 8.97. The molecule has 0 saturated carbocycles. The summed E-state index contributed by atoms with van der Waals surface area (Å²) in [6.07, 6.45) is 4.30. The Labute approximate surface area is 115 Å². The molecule has 0 radical (unpaired) electrons. The maximum Gasteiger partial charge on any atom is 0.235 e. The lowest BCUT2D eigenvalue weighted by Gasteiger charge is -2.47. The predicted octanol–water partition coefficient (Wildman–Crippen LogP) is 1.80. The molecule has 2 aliphatic heterocycles. The molecule has 0 spiro atoms. The second-order valence-corrected chi connectivity index (χ2v) is 6.54. The molecule has 2 fully saturated rings. The molecule has 2 heterocycles. The number of piperidine rings is 2. The van der Waals surface area contributed by atoms with Crippen LogP contribution < -0.4 is 5.32 Å². The maximum absolute atomic E-state index is 12.8. The van der Waals surface area contributed by atoms with E-state index in [9.17, 15) is 9.59 Å². The molecular weight excluding hydrogens is 240 g/mol. The van der Waals surface area contributed by atoms with Crippen molar-refractivity contribution in [1.82, 2.24) is 10.2 Å². The average Bonchev–Trinajstić information content (AvgIpc) is 2.40. The molecule has 0 bridgehead atoms. The van der Waals surface area contributed by atoms with E-state index < -0.39 is 0 Å². The molecule has 2 aliphatic rings. The summed E-state index contributed by atoms with van der Waals surface area (Å²) in [5.41, 5.74) is -0.293. The Kier molecular flexibility index (Phi) is 4.29. The van der Waals surface area contributed by atoms with Crippen molar-refractivity contribution in [2.75, 3.05) is 20.1 Å². The molecule has 2 amide bonds. The van der Waals surface area contributed by atoms with Crippen LogP contribution >= 0.6 is 0 Å². The third kappa shape index (κ3) is 2.69. The summed E-state index contributed by atoms with van der Waals surface area (Å²) >= 11 is 0. The lowest BCUT2D eigenvalue weighted by Crippen LogP contribution is -2.55. The highest BCUT2D eigenvalue weighted by Gasteiger charge is 2.50. The first-order valence-electron chi connectivity index (χ1n) is 7.49. The van der Waals surface area contributed by atoms with Crippen LogP contribution in [0.3, 0.4) is 0 Å². The normalized spacial score (nSPS) is 30.2. The Balaban J connectivity index is 2.28. The topological polar surface area (TPSA) is 49.4 Å². The van der Waals surface area contributed by atoms with Gasteiger partial charge in [-0.15, -0.1) is 0 Å². The average molecular weight is 266 g/mol. The van der Waals surface area contributed by atoms with Crippen LogP contribution in [0.25, 0.3) is 0 Å². The molecule has 0 aromatic rings. The quantitative estimate of drug-likeness (QED) is 0.792. The Morgan fingerprint density at radius 2 is 1.95 bits per heavy atom. The van der Waals surface area contributed by atoms with Crippen LogP contribution in [0.2, 0.25) is 0 Å². The number of hydrogen-bond acceptors (Lipinski definition) is 3. The zero-order valence-corrected chi connectivity index (χ0v) is 12.4. The highest BCUT2D eigenvalue weighted by molar-refractivity contribution is 6.00. The van der Waals surface area contributed by atoms with E-state index in [1.54, 1.807) is 7.05 Å². The molecule has 2 rings (SSSR count). The minimum atomic E-state index is -0.293. The number of nitrogens with zero attached hydrogens (tertiary/aromatic N) is 1. The van der Waals surface area contributed by atoms with Gasteiger partial charge in [-0.2, -0.15) is 0 Å². The van der Waals surface area contributed by atoms with E-state index in [4.69, 9.17) is 0 Å². The fourth-order valence-corrected chi connectivity index (χ4v) is 3.89. The van der Waals surface area contributed by atoms with E-state index in [-0.39, 0.29) is 17.2 Å².